The van der Waals surface area contributed by atoms with Gasteiger partial charge in [0.2, 0.25) is 0 Å². The van der Waals surface area contributed by atoms with Crippen molar-refractivity contribution in [2.75, 3.05) is 20.0 Å². The van der Waals surface area contributed by atoms with E-state index in [9.17, 15) is 19.8 Å². The number of carbonyl (C=O) groups excluding carboxylic acids is 2. The molecule has 7 heteroatoms. The molecule has 0 amide bonds. The molecule has 0 bridgehead atoms. The number of esters is 2. The molecular weight excluding hydrogens is 256 g/mol. The maximum atomic E-state index is 11.8. The number of hydrogen-bond acceptors (Lipinski definition) is 7. The van der Waals surface area contributed by atoms with Crippen LogP contribution in [0.1, 0.15) is 27.2 Å². The van der Waals surface area contributed by atoms with Gasteiger partial charge in [-0.15, -0.1) is 0 Å². The molecule has 0 rings (SSSR count). The van der Waals surface area contributed by atoms with Crippen LogP contribution in [0.25, 0.3) is 0 Å². The van der Waals surface area contributed by atoms with E-state index in [1.807, 2.05) is 0 Å². The Morgan fingerprint density at radius 3 is 1.95 bits per heavy atom. The Hall–Kier alpha value is -1.44. The minimum atomic E-state index is -1.76. The molecule has 7 nitrogen and oxygen atoms in total. The van der Waals surface area contributed by atoms with Crippen molar-refractivity contribution < 1.29 is 34.4 Å². The predicted octanol–water partition coefficient (Wildman–Crippen LogP) is -0.508. The first kappa shape index (κ1) is 17.6. The average Bonchev–Trinajstić information content (AvgIpc) is 2.36. The van der Waals surface area contributed by atoms with E-state index in [4.69, 9.17) is 9.84 Å². The molecule has 0 spiro atoms. The zero-order valence-electron chi connectivity index (χ0n) is 11.3. The van der Waals surface area contributed by atoms with Gasteiger partial charge in [-0.25, -0.2) is 4.79 Å². The molecule has 19 heavy (non-hydrogen) atoms. The van der Waals surface area contributed by atoms with Crippen LogP contribution in [0.15, 0.2) is 11.1 Å². The third-order valence-electron chi connectivity index (χ3n) is 2.63. The van der Waals surface area contributed by atoms with Crippen molar-refractivity contribution >= 4 is 11.9 Å². The molecule has 0 radical (unpaired) electrons. The topological polar surface area (TPSA) is 113 Å². The van der Waals surface area contributed by atoms with Crippen molar-refractivity contribution in [1.29, 1.82) is 0 Å². The van der Waals surface area contributed by atoms with Crippen molar-refractivity contribution in [1.82, 2.24) is 0 Å². The lowest BCUT2D eigenvalue weighted by Gasteiger charge is -2.28. The maximum absolute atomic E-state index is 11.8. The second-order valence-corrected chi connectivity index (χ2v) is 4.34. The maximum Gasteiger partial charge on any atom is 0.334 e. The van der Waals surface area contributed by atoms with E-state index in [-0.39, 0.29) is 0 Å². The normalized spacial score (nSPS) is 10.8. The van der Waals surface area contributed by atoms with E-state index in [1.165, 1.54) is 6.92 Å². The lowest BCUT2D eigenvalue weighted by atomic mass is 10.0. The zero-order valence-corrected chi connectivity index (χ0v) is 11.3. The molecule has 110 valence electrons. The minimum Gasteiger partial charge on any atom is -0.450 e. The Kier molecular flexibility index (Phi) is 7.28. The number of allylic oxidation sites excluding steroid dienone is 1. The highest BCUT2D eigenvalue weighted by Crippen LogP contribution is 2.19. The van der Waals surface area contributed by atoms with Crippen LogP contribution in [0, 0.1) is 0 Å². The molecule has 0 saturated heterocycles. The monoisotopic (exact) mass is 276 g/mol. The van der Waals surface area contributed by atoms with Gasteiger partial charge < -0.3 is 24.8 Å². The van der Waals surface area contributed by atoms with Gasteiger partial charge in [-0.1, -0.05) is 5.57 Å². The van der Waals surface area contributed by atoms with Crippen molar-refractivity contribution in [3.63, 3.8) is 0 Å². The summed E-state index contributed by atoms with van der Waals surface area (Å²) >= 11 is 0. The fourth-order valence-corrected chi connectivity index (χ4v) is 1.13. The minimum absolute atomic E-state index is 0.321. The molecule has 0 aliphatic carbocycles. The number of hydrogen-bond donors (Lipinski definition) is 3. The lowest BCUT2D eigenvalue weighted by molar-refractivity contribution is -0.176. The quantitative estimate of drug-likeness (QED) is 0.326. The number of carbonyl (C=O) groups is 2. The average molecular weight is 276 g/mol. The van der Waals surface area contributed by atoms with Gasteiger partial charge in [-0.2, -0.15) is 0 Å². The summed E-state index contributed by atoms with van der Waals surface area (Å²) in [4.78, 5) is 23.0. The second-order valence-electron chi connectivity index (χ2n) is 4.34. The number of aliphatic hydroxyl groups is 3. The number of ether oxygens (including phenoxy) is 2. The van der Waals surface area contributed by atoms with Gasteiger partial charge in [-0.3, -0.25) is 4.79 Å². The lowest BCUT2D eigenvalue weighted by Crippen LogP contribution is -2.45. The number of aliphatic hydroxyl groups excluding tert-OH is 3. The van der Waals surface area contributed by atoms with Crippen molar-refractivity contribution in [2.45, 2.75) is 32.8 Å². The van der Waals surface area contributed by atoms with Gasteiger partial charge in [0.05, 0.1) is 19.6 Å². The summed E-state index contributed by atoms with van der Waals surface area (Å²) in [5.74, 6) is -1.63. The first-order valence-corrected chi connectivity index (χ1v) is 5.67. The SMILES string of the molecule is CC(C)=C(C)C(=O)OC(CO)(CO)CC(=O)OCO. The van der Waals surface area contributed by atoms with E-state index in [0.29, 0.717) is 11.1 Å². The Balaban J connectivity index is 4.95. The van der Waals surface area contributed by atoms with Crippen LogP contribution < -0.4 is 0 Å². The molecule has 0 aliphatic heterocycles. The molecule has 0 atom stereocenters. The third kappa shape index (κ3) is 5.37. The van der Waals surface area contributed by atoms with E-state index in [1.54, 1.807) is 13.8 Å². The van der Waals surface area contributed by atoms with Crippen molar-refractivity contribution in [2.24, 2.45) is 0 Å². The highest BCUT2D eigenvalue weighted by Gasteiger charge is 2.37. The highest BCUT2D eigenvalue weighted by molar-refractivity contribution is 5.89. The fourth-order valence-electron chi connectivity index (χ4n) is 1.13. The fraction of sp³-hybridized carbons (Fsp3) is 0.667. The summed E-state index contributed by atoms with van der Waals surface area (Å²) in [6, 6.07) is 0. The van der Waals surface area contributed by atoms with E-state index in [0.717, 1.165) is 0 Å². The van der Waals surface area contributed by atoms with Crippen molar-refractivity contribution in [3.05, 3.63) is 11.1 Å². The van der Waals surface area contributed by atoms with Crippen LogP contribution in [-0.4, -0.2) is 52.9 Å². The van der Waals surface area contributed by atoms with Crippen LogP contribution in [0.4, 0.5) is 0 Å². The molecule has 0 saturated carbocycles. The van der Waals surface area contributed by atoms with Gasteiger partial charge in [0.25, 0.3) is 0 Å². The van der Waals surface area contributed by atoms with Crippen LogP contribution in [0.2, 0.25) is 0 Å². The molecular formula is C12H20O7. The summed E-state index contributed by atoms with van der Waals surface area (Å²) in [6.45, 7) is 2.62. The van der Waals surface area contributed by atoms with Crippen LogP contribution in [0.3, 0.4) is 0 Å². The summed E-state index contributed by atoms with van der Waals surface area (Å²) in [5, 5.41) is 26.9. The molecule has 0 aromatic heterocycles. The summed E-state index contributed by atoms with van der Waals surface area (Å²) < 4.78 is 9.28. The smallest absolute Gasteiger partial charge is 0.334 e. The Labute approximate surface area is 111 Å². The molecule has 3 N–H and O–H groups in total. The van der Waals surface area contributed by atoms with Crippen LogP contribution >= 0.6 is 0 Å². The Morgan fingerprint density at radius 2 is 1.58 bits per heavy atom. The molecule has 0 heterocycles. The molecule has 0 aromatic carbocycles. The van der Waals surface area contributed by atoms with Gasteiger partial charge in [0.15, 0.2) is 12.4 Å². The first-order valence-electron chi connectivity index (χ1n) is 5.67. The largest absolute Gasteiger partial charge is 0.450 e. The van der Waals surface area contributed by atoms with Gasteiger partial charge in [0, 0.05) is 5.57 Å². The second kappa shape index (κ2) is 7.88. The summed E-state index contributed by atoms with van der Waals surface area (Å²) in [5.41, 5.74) is -0.727. The predicted molar refractivity (Wildman–Crippen MR) is 64.8 cm³/mol. The van der Waals surface area contributed by atoms with E-state index < -0.39 is 44.0 Å². The Bertz CT molecular complexity index is 351. The summed E-state index contributed by atoms with van der Waals surface area (Å²) in [6.07, 6.45) is -0.553. The summed E-state index contributed by atoms with van der Waals surface area (Å²) in [7, 11) is 0. The molecule has 0 unspecified atom stereocenters. The van der Waals surface area contributed by atoms with Crippen LogP contribution in [-0.2, 0) is 19.1 Å². The van der Waals surface area contributed by atoms with Crippen molar-refractivity contribution in [3.8, 4) is 0 Å². The molecule has 0 aromatic rings. The first-order chi connectivity index (χ1) is 8.81. The van der Waals surface area contributed by atoms with Gasteiger partial charge >= 0.3 is 11.9 Å². The van der Waals surface area contributed by atoms with Gasteiger partial charge in [0.1, 0.15) is 0 Å². The zero-order chi connectivity index (χ0) is 15.1. The standard InChI is InChI=1S/C12H20O7/c1-8(2)9(3)11(17)19-12(5-13,6-14)4-10(16)18-7-15/h13-15H,4-7H2,1-3H3. The molecule has 0 fully saturated rings. The molecule has 0 aliphatic rings. The highest BCUT2D eigenvalue weighted by atomic mass is 16.6. The van der Waals surface area contributed by atoms with Gasteiger partial charge in [-0.05, 0) is 20.8 Å². The Morgan fingerprint density at radius 1 is 1.05 bits per heavy atom. The van der Waals surface area contributed by atoms with E-state index in [2.05, 4.69) is 4.74 Å². The van der Waals surface area contributed by atoms with Crippen LogP contribution in [0.5, 0.6) is 0 Å². The van der Waals surface area contributed by atoms with E-state index >= 15 is 0 Å². The third-order valence-corrected chi connectivity index (χ3v) is 2.63. The number of rotatable bonds is 7.